The lowest BCUT2D eigenvalue weighted by Crippen LogP contribution is -2.48. The first-order valence-corrected chi connectivity index (χ1v) is 10.5. The van der Waals surface area contributed by atoms with Gasteiger partial charge in [0.25, 0.3) is 10.0 Å². The fraction of sp³-hybridized carbons (Fsp3) is 0.350. The number of amides is 1. The van der Waals surface area contributed by atoms with Crippen molar-refractivity contribution in [3.8, 4) is 0 Å². The van der Waals surface area contributed by atoms with E-state index in [9.17, 15) is 13.2 Å². The third kappa shape index (κ3) is 4.48. The maximum Gasteiger partial charge on any atom is 0.262 e. The highest BCUT2D eigenvalue weighted by Gasteiger charge is 2.29. The number of rotatable bonds is 6. The van der Waals surface area contributed by atoms with Crippen molar-refractivity contribution in [2.24, 2.45) is 11.8 Å². The monoisotopic (exact) mass is 387 g/mol. The zero-order chi connectivity index (χ0) is 19.6. The van der Waals surface area contributed by atoms with Gasteiger partial charge in [0.1, 0.15) is 0 Å². The highest BCUT2D eigenvalue weighted by Crippen LogP contribution is 2.25. The largest absolute Gasteiger partial charge is 0.326 e. The van der Waals surface area contributed by atoms with Crippen LogP contribution in [0, 0.1) is 25.7 Å². The van der Waals surface area contributed by atoms with Gasteiger partial charge in [-0.2, -0.15) is 0 Å². The van der Waals surface area contributed by atoms with Crippen LogP contribution in [0.3, 0.4) is 0 Å². The predicted octanol–water partition coefficient (Wildman–Crippen LogP) is 2.90. The van der Waals surface area contributed by atoms with Gasteiger partial charge >= 0.3 is 0 Å². The summed E-state index contributed by atoms with van der Waals surface area (Å²) in [7, 11) is -3.76. The van der Waals surface area contributed by atoms with Crippen LogP contribution >= 0.6 is 0 Å². The van der Waals surface area contributed by atoms with Crippen LogP contribution in [0.1, 0.15) is 18.1 Å². The summed E-state index contributed by atoms with van der Waals surface area (Å²) in [5.41, 5.74) is 2.57. The smallest absolute Gasteiger partial charge is 0.262 e. The summed E-state index contributed by atoms with van der Waals surface area (Å²) in [5.74, 6) is 0.0972. The molecule has 2 aromatic rings. The SMILES string of the molecule is Cc1cccc(NS(=O)(=O)c2cc(NC(=O)C(C)C3CNC3)ccc2C)c1. The Kier molecular flexibility index (Phi) is 5.53. The number of benzene rings is 2. The molecule has 3 N–H and O–H groups in total. The quantitative estimate of drug-likeness (QED) is 0.711. The van der Waals surface area contributed by atoms with Crippen LogP contribution in [-0.2, 0) is 14.8 Å². The third-order valence-electron chi connectivity index (χ3n) is 4.95. The zero-order valence-corrected chi connectivity index (χ0v) is 16.6. The second-order valence-electron chi connectivity index (χ2n) is 7.15. The van der Waals surface area contributed by atoms with Gasteiger partial charge in [-0.1, -0.05) is 25.1 Å². The average Bonchev–Trinajstić information content (AvgIpc) is 2.54. The Hall–Kier alpha value is -2.38. The molecule has 0 spiro atoms. The maximum atomic E-state index is 12.8. The molecule has 7 heteroatoms. The molecule has 0 radical (unpaired) electrons. The molecule has 144 valence electrons. The molecular weight excluding hydrogens is 362 g/mol. The van der Waals surface area contributed by atoms with Crippen LogP contribution in [0.25, 0.3) is 0 Å². The van der Waals surface area contributed by atoms with Crippen molar-refractivity contribution in [3.05, 3.63) is 53.6 Å². The molecule has 27 heavy (non-hydrogen) atoms. The van der Waals surface area contributed by atoms with Crippen molar-refractivity contribution in [1.82, 2.24) is 5.32 Å². The van der Waals surface area contributed by atoms with Crippen molar-refractivity contribution in [2.75, 3.05) is 23.1 Å². The Bertz CT molecular complexity index is 953. The van der Waals surface area contributed by atoms with E-state index in [-0.39, 0.29) is 16.7 Å². The van der Waals surface area contributed by atoms with Crippen molar-refractivity contribution in [3.63, 3.8) is 0 Å². The van der Waals surface area contributed by atoms with E-state index in [2.05, 4.69) is 15.4 Å². The molecule has 1 heterocycles. The summed E-state index contributed by atoms with van der Waals surface area (Å²) < 4.78 is 28.3. The summed E-state index contributed by atoms with van der Waals surface area (Å²) in [6.07, 6.45) is 0. The molecule has 1 saturated heterocycles. The minimum absolute atomic E-state index is 0.0969. The van der Waals surface area contributed by atoms with E-state index in [1.54, 1.807) is 37.3 Å². The van der Waals surface area contributed by atoms with Crippen LogP contribution in [0.5, 0.6) is 0 Å². The van der Waals surface area contributed by atoms with Crippen LogP contribution in [0.4, 0.5) is 11.4 Å². The van der Waals surface area contributed by atoms with Gasteiger partial charge in [0.15, 0.2) is 0 Å². The van der Waals surface area contributed by atoms with E-state index in [0.29, 0.717) is 22.9 Å². The van der Waals surface area contributed by atoms with E-state index in [0.717, 1.165) is 18.7 Å². The molecule has 0 bridgehead atoms. The van der Waals surface area contributed by atoms with E-state index >= 15 is 0 Å². The van der Waals surface area contributed by atoms with Crippen molar-refractivity contribution in [2.45, 2.75) is 25.7 Å². The van der Waals surface area contributed by atoms with E-state index in [4.69, 9.17) is 0 Å². The molecule has 2 aromatic carbocycles. The number of carbonyl (C=O) groups is 1. The molecule has 6 nitrogen and oxygen atoms in total. The second-order valence-corrected chi connectivity index (χ2v) is 8.80. The van der Waals surface area contributed by atoms with Crippen LogP contribution in [-0.4, -0.2) is 27.4 Å². The minimum atomic E-state index is -3.76. The van der Waals surface area contributed by atoms with Gasteiger partial charge in [-0.25, -0.2) is 8.42 Å². The molecule has 1 aliphatic heterocycles. The highest BCUT2D eigenvalue weighted by atomic mass is 32.2. The predicted molar refractivity (Wildman–Crippen MR) is 107 cm³/mol. The molecule has 0 saturated carbocycles. The first-order chi connectivity index (χ1) is 12.8. The Labute approximate surface area is 160 Å². The Balaban J connectivity index is 1.80. The zero-order valence-electron chi connectivity index (χ0n) is 15.7. The topological polar surface area (TPSA) is 87.3 Å². The lowest BCUT2D eigenvalue weighted by Gasteiger charge is -2.31. The van der Waals surface area contributed by atoms with Gasteiger partial charge in [-0.3, -0.25) is 9.52 Å². The number of hydrogen-bond donors (Lipinski definition) is 3. The number of anilines is 2. The van der Waals surface area contributed by atoms with Crippen molar-refractivity contribution in [1.29, 1.82) is 0 Å². The highest BCUT2D eigenvalue weighted by molar-refractivity contribution is 7.92. The van der Waals surface area contributed by atoms with Crippen molar-refractivity contribution < 1.29 is 13.2 Å². The Morgan fingerprint density at radius 1 is 1.11 bits per heavy atom. The molecule has 1 unspecified atom stereocenters. The number of hydrogen-bond acceptors (Lipinski definition) is 4. The fourth-order valence-electron chi connectivity index (χ4n) is 3.02. The number of sulfonamides is 1. The van der Waals surface area contributed by atoms with E-state index in [1.807, 2.05) is 19.9 Å². The summed E-state index contributed by atoms with van der Waals surface area (Å²) in [6.45, 7) is 7.20. The minimum Gasteiger partial charge on any atom is -0.326 e. The second kappa shape index (κ2) is 7.70. The lowest BCUT2D eigenvalue weighted by molar-refractivity contribution is -0.121. The number of nitrogens with one attached hydrogen (secondary N) is 3. The Morgan fingerprint density at radius 2 is 1.85 bits per heavy atom. The summed E-state index contributed by atoms with van der Waals surface area (Å²) in [6, 6.07) is 12.1. The third-order valence-corrected chi connectivity index (χ3v) is 6.47. The molecule has 0 aromatic heterocycles. The average molecular weight is 388 g/mol. The molecule has 0 aliphatic carbocycles. The summed E-state index contributed by atoms with van der Waals surface area (Å²) in [5, 5.41) is 6.00. The lowest BCUT2D eigenvalue weighted by atomic mass is 9.88. The fourth-order valence-corrected chi connectivity index (χ4v) is 4.34. The molecule has 3 rings (SSSR count). The van der Waals surface area contributed by atoms with Crippen molar-refractivity contribution >= 4 is 27.3 Å². The summed E-state index contributed by atoms with van der Waals surface area (Å²) in [4.78, 5) is 12.6. The van der Waals surface area contributed by atoms with E-state index < -0.39 is 10.0 Å². The van der Waals surface area contributed by atoms with Crippen LogP contribution in [0.2, 0.25) is 0 Å². The maximum absolute atomic E-state index is 12.8. The van der Waals surface area contributed by atoms with Gasteiger partial charge in [-0.05, 0) is 68.2 Å². The summed E-state index contributed by atoms with van der Waals surface area (Å²) >= 11 is 0. The first kappa shape index (κ1) is 19.4. The van der Waals surface area contributed by atoms with Gasteiger partial charge in [-0.15, -0.1) is 0 Å². The molecule has 1 atom stereocenters. The van der Waals surface area contributed by atoms with Gasteiger partial charge in [0.2, 0.25) is 5.91 Å². The van der Waals surface area contributed by atoms with Crippen LogP contribution < -0.4 is 15.4 Å². The Morgan fingerprint density at radius 3 is 2.48 bits per heavy atom. The molecule has 1 fully saturated rings. The number of aryl methyl sites for hydroxylation is 2. The van der Waals surface area contributed by atoms with Gasteiger partial charge < -0.3 is 10.6 Å². The van der Waals surface area contributed by atoms with Gasteiger partial charge in [0, 0.05) is 17.3 Å². The first-order valence-electron chi connectivity index (χ1n) is 8.98. The normalized spacial score (nSPS) is 15.7. The standard InChI is InChI=1S/C20H25N3O3S/c1-13-5-4-6-18(9-13)23-27(25,26)19-10-17(8-7-14(19)2)22-20(24)15(3)16-11-21-12-16/h4-10,15-16,21,23H,11-12H2,1-3H3,(H,22,24). The van der Waals surface area contributed by atoms with Gasteiger partial charge in [0.05, 0.1) is 4.90 Å². The number of carbonyl (C=O) groups excluding carboxylic acids is 1. The molecule has 1 aliphatic rings. The van der Waals surface area contributed by atoms with E-state index in [1.165, 1.54) is 6.07 Å². The molecular formula is C20H25N3O3S. The molecule has 1 amide bonds. The van der Waals surface area contributed by atoms with Crippen LogP contribution in [0.15, 0.2) is 47.4 Å².